The SMILES string of the molecule is CCCCCC(=O)NC1(NC(=O)CCCCC)CCCCC1(C(C1=CC(=O)NC1=O)n1c(O)ccc1O)N(O)C(=O)CCCCC. The molecule has 0 aromatic carbocycles. The maximum atomic E-state index is 13.9. The minimum atomic E-state index is -2.09. The molecule has 1 fully saturated rings. The predicted octanol–water partition coefficient (Wildman–Crippen LogP) is 4.22. The summed E-state index contributed by atoms with van der Waals surface area (Å²) in [6, 6.07) is 0.724. The number of rotatable bonds is 18. The largest absolute Gasteiger partial charge is 0.494 e. The van der Waals surface area contributed by atoms with Gasteiger partial charge in [0.1, 0.15) is 17.2 Å². The van der Waals surface area contributed by atoms with Gasteiger partial charge in [-0.2, -0.15) is 0 Å². The molecule has 2 atom stereocenters. The highest BCUT2D eigenvalue weighted by Gasteiger charge is 2.66. The van der Waals surface area contributed by atoms with Gasteiger partial charge in [0.25, 0.3) is 11.8 Å². The fraction of sp³-hybridized carbons (Fsp3) is 0.667. The molecule has 1 aromatic rings. The monoisotopic (exact) mass is 645 g/mol. The van der Waals surface area contributed by atoms with E-state index in [-0.39, 0.29) is 37.7 Å². The summed E-state index contributed by atoms with van der Waals surface area (Å²) >= 11 is 0. The average Bonchev–Trinajstić information content (AvgIpc) is 3.52. The van der Waals surface area contributed by atoms with Gasteiger partial charge in [0.15, 0.2) is 11.8 Å². The minimum absolute atomic E-state index is 0.0491. The van der Waals surface area contributed by atoms with Crippen molar-refractivity contribution in [2.75, 3.05) is 0 Å². The van der Waals surface area contributed by atoms with Gasteiger partial charge in [-0.3, -0.25) is 39.1 Å². The van der Waals surface area contributed by atoms with E-state index in [1.165, 1.54) is 12.1 Å². The third kappa shape index (κ3) is 7.91. The first-order valence-electron chi connectivity index (χ1n) is 16.8. The molecule has 5 amide bonds. The molecule has 13 heteroatoms. The minimum Gasteiger partial charge on any atom is -0.494 e. The van der Waals surface area contributed by atoms with Crippen LogP contribution in [0.25, 0.3) is 0 Å². The number of imide groups is 1. The quantitative estimate of drug-likeness (QED) is 0.0449. The lowest BCUT2D eigenvalue weighted by molar-refractivity contribution is -0.231. The number of carbonyl (C=O) groups is 5. The second-order valence-corrected chi connectivity index (χ2v) is 12.5. The van der Waals surface area contributed by atoms with Crippen LogP contribution in [0.15, 0.2) is 23.8 Å². The first-order valence-corrected chi connectivity index (χ1v) is 16.8. The molecule has 6 N–H and O–H groups in total. The highest BCUT2D eigenvalue weighted by Crippen LogP contribution is 2.52. The van der Waals surface area contributed by atoms with Crippen molar-refractivity contribution in [1.82, 2.24) is 25.6 Å². The van der Waals surface area contributed by atoms with Crippen molar-refractivity contribution in [3.8, 4) is 11.8 Å². The molecule has 1 aliphatic carbocycles. The Kier molecular flexibility index (Phi) is 13.2. The van der Waals surface area contributed by atoms with Gasteiger partial charge in [-0.15, -0.1) is 0 Å². The zero-order valence-corrected chi connectivity index (χ0v) is 27.4. The zero-order valence-electron chi connectivity index (χ0n) is 27.4. The smallest absolute Gasteiger partial charge is 0.256 e. The Bertz CT molecular complexity index is 1250. The van der Waals surface area contributed by atoms with Crippen molar-refractivity contribution < 1.29 is 39.4 Å². The van der Waals surface area contributed by atoms with Crippen molar-refractivity contribution in [1.29, 1.82) is 0 Å². The number of nitrogens with zero attached hydrogens (tertiary/aromatic N) is 2. The van der Waals surface area contributed by atoms with Crippen LogP contribution in [0.3, 0.4) is 0 Å². The molecule has 2 aliphatic rings. The van der Waals surface area contributed by atoms with Gasteiger partial charge < -0.3 is 20.8 Å². The number of amides is 5. The van der Waals surface area contributed by atoms with Gasteiger partial charge in [-0.25, -0.2) is 5.06 Å². The number of hydrogen-bond acceptors (Lipinski definition) is 8. The normalized spacial score (nSPS) is 19.7. The van der Waals surface area contributed by atoms with Crippen molar-refractivity contribution in [3.63, 3.8) is 0 Å². The maximum absolute atomic E-state index is 13.9. The molecule has 3 rings (SSSR count). The standard InChI is InChI=1S/C33H51N5O8/c1-4-7-10-15-24(39)35-33(36-25(40)16-11-8-5-2)21-14-13-20-32(33,38(46)29(44)17-12-9-6-3)30(23-22-26(41)34-31(23)45)37-27(42)18-19-28(37)43/h18-19,22,30,42-43,46H,4-17,20-21H2,1-3H3,(H,35,39)(H,36,40)(H,34,41,45). The Labute approximate surface area is 270 Å². The fourth-order valence-corrected chi connectivity index (χ4v) is 6.82. The molecule has 0 bridgehead atoms. The van der Waals surface area contributed by atoms with Crippen LogP contribution in [0.2, 0.25) is 0 Å². The van der Waals surface area contributed by atoms with Crippen molar-refractivity contribution in [2.45, 2.75) is 141 Å². The lowest BCUT2D eigenvalue weighted by Gasteiger charge is -2.59. The van der Waals surface area contributed by atoms with Gasteiger partial charge in [-0.1, -0.05) is 65.7 Å². The Morgan fingerprint density at radius 1 is 0.848 bits per heavy atom. The summed E-state index contributed by atoms with van der Waals surface area (Å²) in [4.78, 5) is 67.3. The third-order valence-corrected chi connectivity index (χ3v) is 9.09. The van der Waals surface area contributed by atoms with Crippen molar-refractivity contribution in [2.24, 2.45) is 0 Å². The van der Waals surface area contributed by atoms with Gasteiger partial charge in [-0.05, 0) is 38.5 Å². The summed E-state index contributed by atoms with van der Waals surface area (Å²) in [7, 11) is 0. The van der Waals surface area contributed by atoms with Gasteiger partial charge >= 0.3 is 0 Å². The van der Waals surface area contributed by atoms with E-state index in [0.29, 0.717) is 43.6 Å². The lowest BCUT2D eigenvalue weighted by atomic mass is 9.64. The molecule has 2 unspecified atom stereocenters. The second kappa shape index (κ2) is 16.6. The van der Waals surface area contributed by atoms with E-state index in [9.17, 15) is 39.4 Å². The van der Waals surface area contributed by atoms with Crippen LogP contribution in [0.5, 0.6) is 11.8 Å². The Morgan fingerprint density at radius 2 is 1.35 bits per heavy atom. The van der Waals surface area contributed by atoms with E-state index in [1.807, 2.05) is 20.8 Å². The van der Waals surface area contributed by atoms with Crippen molar-refractivity contribution in [3.05, 3.63) is 23.8 Å². The Balaban J connectivity index is 2.36. The molecule has 2 heterocycles. The van der Waals surface area contributed by atoms with Crippen LogP contribution in [-0.4, -0.2) is 65.8 Å². The Morgan fingerprint density at radius 3 is 1.83 bits per heavy atom. The number of hydroxylamine groups is 2. The summed E-state index contributed by atoms with van der Waals surface area (Å²) in [5, 5.41) is 43.0. The molecule has 0 radical (unpaired) electrons. The fourth-order valence-electron chi connectivity index (χ4n) is 6.82. The number of aromatic nitrogens is 1. The number of carbonyl (C=O) groups excluding carboxylic acids is 5. The van der Waals surface area contributed by atoms with E-state index in [2.05, 4.69) is 16.0 Å². The second-order valence-electron chi connectivity index (χ2n) is 12.5. The summed E-state index contributed by atoms with van der Waals surface area (Å²) in [6.07, 6.45) is 8.24. The van der Waals surface area contributed by atoms with Crippen LogP contribution in [0.4, 0.5) is 0 Å². The molecule has 0 saturated heterocycles. The summed E-state index contributed by atoms with van der Waals surface area (Å²) in [5.74, 6) is -4.30. The van der Waals surface area contributed by atoms with E-state index < -0.39 is 58.5 Å². The van der Waals surface area contributed by atoms with Crippen LogP contribution in [-0.2, 0) is 24.0 Å². The molecule has 256 valence electrons. The molecular weight excluding hydrogens is 594 g/mol. The molecule has 1 aromatic heterocycles. The first-order chi connectivity index (χ1) is 22.0. The summed E-state index contributed by atoms with van der Waals surface area (Å²) < 4.78 is 0.957. The molecule has 1 saturated carbocycles. The molecule has 1 aliphatic heterocycles. The number of hydrogen-bond donors (Lipinski definition) is 6. The van der Waals surface area contributed by atoms with Gasteiger partial charge in [0, 0.05) is 43.0 Å². The summed E-state index contributed by atoms with van der Waals surface area (Å²) in [6.45, 7) is 5.96. The van der Waals surface area contributed by atoms with Crippen LogP contribution >= 0.6 is 0 Å². The molecular formula is C33H51N5O8. The molecule has 46 heavy (non-hydrogen) atoms. The van der Waals surface area contributed by atoms with E-state index in [4.69, 9.17) is 0 Å². The number of aromatic hydroxyl groups is 2. The first kappa shape index (κ1) is 36.6. The third-order valence-electron chi connectivity index (χ3n) is 9.09. The van der Waals surface area contributed by atoms with E-state index in [0.717, 1.165) is 42.7 Å². The van der Waals surface area contributed by atoms with Gasteiger partial charge in [0.2, 0.25) is 17.7 Å². The van der Waals surface area contributed by atoms with Gasteiger partial charge in [0.05, 0.1) is 0 Å². The zero-order chi connectivity index (χ0) is 33.9. The van der Waals surface area contributed by atoms with E-state index >= 15 is 0 Å². The van der Waals surface area contributed by atoms with E-state index in [1.54, 1.807) is 0 Å². The summed E-state index contributed by atoms with van der Waals surface area (Å²) in [5.41, 5.74) is -4.23. The highest BCUT2D eigenvalue weighted by molar-refractivity contribution is 6.17. The van der Waals surface area contributed by atoms with Crippen molar-refractivity contribution >= 4 is 29.5 Å². The maximum Gasteiger partial charge on any atom is 0.256 e. The predicted molar refractivity (Wildman–Crippen MR) is 169 cm³/mol. The number of nitrogens with one attached hydrogen (secondary N) is 3. The number of unbranched alkanes of at least 4 members (excludes halogenated alkanes) is 6. The highest BCUT2D eigenvalue weighted by atomic mass is 16.5. The van der Waals surface area contributed by atoms with Crippen LogP contribution in [0, 0.1) is 0 Å². The Hall–Kier alpha value is -3.87. The average molecular weight is 646 g/mol. The molecule has 13 nitrogen and oxygen atoms in total. The lowest BCUT2D eigenvalue weighted by Crippen LogP contribution is -2.81. The topological polar surface area (TPSA) is 190 Å². The molecule has 0 spiro atoms. The van der Waals surface area contributed by atoms with Crippen LogP contribution < -0.4 is 16.0 Å². The van der Waals surface area contributed by atoms with Crippen LogP contribution in [0.1, 0.15) is 130 Å².